The first-order valence-corrected chi connectivity index (χ1v) is 13.2. The monoisotopic (exact) mass is 628 g/mol. The molecule has 0 bridgehead atoms. The van der Waals surface area contributed by atoms with E-state index < -0.39 is 41.4 Å². The van der Waals surface area contributed by atoms with Gasteiger partial charge < -0.3 is 0 Å². The van der Waals surface area contributed by atoms with Gasteiger partial charge >= 0.3 is 0 Å². The molecule has 2 aromatic carbocycles. The van der Waals surface area contributed by atoms with Crippen molar-refractivity contribution in [3.63, 3.8) is 0 Å². The molecule has 2 aliphatic rings. The summed E-state index contributed by atoms with van der Waals surface area (Å²) in [6.45, 7) is 1.51. The Balaban J connectivity index is 1.74. The van der Waals surface area contributed by atoms with Crippen molar-refractivity contribution >= 4 is 78.6 Å². The van der Waals surface area contributed by atoms with E-state index in [0.717, 1.165) is 10.0 Å². The van der Waals surface area contributed by atoms with Crippen molar-refractivity contribution in [3.8, 4) is 0 Å². The fourth-order valence-electron chi connectivity index (χ4n) is 4.42. The number of ketones is 1. The second-order valence-electron chi connectivity index (χ2n) is 8.41. The molecule has 10 heteroatoms. The Kier molecular flexibility index (Phi) is 7.53. The minimum atomic E-state index is -1.13. The number of carbonyl (C=O) groups excluding carboxylic acids is 4. The summed E-state index contributed by atoms with van der Waals surface area (Å²) in [6.07, 6.45) is 0.897. The number of nitrogens with zero attached hydrogens (tertiary/aromatic N) is 2. The van der Waals surface area contributed by atoms with Gasteiger partial charge in [-0.3, -0.25) is 19.2 Å². The van der Waals surface area contributed by atoms with Crippen molar-refractivity contribution < 1.29 is 19.2 Å². The summed E-state index contributed by atoms with van der Waals surface area (Å²) in [4.78, 5) is 54.0. The van der Waals surface area contributed by atoms with Gasteiger partial charge in [-0.25, -0.2) is 5.01 Å². The number of hydrogen-bond donors (Lipinski definition) is 0. The highest BCUT2D eigenvalue weighted by Gasteiger charge is 2.55. The standard InChI is InChI=1S/C24H20Br2Cl2N2O4/c1-12(21(31)13-2-6-15(27)7-3-13)29(22(32)14-4-8-16(28)9-5-14)30-23(33)17-10-19(25)20(26)11-18(17)24(30)34/h2-9,12,17-20H,10-11H2,1H3/t12-,17-,18+,19+,20+/m1/s1. The first-order chi connectivity index (χ1) is 16.1. The molecular weight excluding hydrogens is 611 g/mol. The van der Waals surface area contributed by atoms with Crippen LogP contribution in [0.1, 0.15) is 40.5 Å². The molecule has 1 aliphatic carbocycles. The van der Waals surface area contributed by atoms with Crippen LogP contribution in [0, 0.1) is 11.8 Å². The van der Waals surface area contributed by atoms with Gasteiger partial charge in [-0.15, -0.1) is 0 Å². The first-order valence-electron chi connectivity index (χ1n) is 10.6. The van der Waals surface area contributed by atoms with Crippen molar-refractivity contribution in [2.24, 2.45) is 11.8 Å². The summed E-state index contributed by atoms with van der Waals surface area (Å²) >= 11 is 19.1. The Morgan fingerprint density at radius 3 is 1.71 bits per heavy atom. The Labute approximate surface area is 223 Å². The molecule has 4 rings (SSSR count). The van der Waals surface area contributed by atoms with Crippen molar-refractivity contribution in [2.45, 2.75) is 35.5 Å². The number of imide groups is 1. The molecule has 178 valence electrons. The zero-order valence-corrected chi connectivity index (χ0v) is 22.6. The zero-order chi connectivity index (χ0) is 24.7. The van der Waals surface area contributed by atoms with Crippen LogP contribution in [-0.2, 0) is 9.59 Å². The van der Waals surface area contributed by atoms with Gasteiger partial charge in [0.05, 0.1) is 11.8 Å². The third-order valence-electron chi connectivity index (χ3n) is 6.28. The fraction of sp³-hybridized carbons (Fsp3) is 0.333. The molecule has 0 N–H and O–H groups in total. The van der Waals surface area contributed by atoms with Gasteiger partial charge in [0.1, 0.15) is 6.04 Å². The molecule has 1 aliphatic heterocycles. The minimum Gasteiger partial charge on any atom is -0.292 e. The van der Waals surface area contributed by atoms with Crippen molar-refractivity contribution in [2.75, 3.05) is 0 Å². The molecule has 1 saturated carbocycles. The Hall–Kier alpha value is -1.74. The number of rotatable bonds is 5. The van der Waals surface area contributed by atoms with Gasteiger partial charge in [0, 0.05) is 30.8 Å². The SMILES string of the molecule is C[C@H](C(=O)c1ccc(Cl)cc1)N(C(=O)c1ccc(Cl)cc1)N1C(=O)[C@H]2C[C@H](Br)[C@@H](Br)C[C@H]2C1=O. The van der Waals surface area contributed by atoms with Crippen molar-refractivity contribution in [3.05, 3.63) is 69.7 Å². The molecule has 5 atom stereocenters. The van der Waals surface area contributed by atoms with E-state index >= 15 is 0 Å². The number of hydrazine groups is 1. The van der Waals surface area contributed by atoms with E-state index in [4.69, 9.17) is 23.2 Å². The van der Waals surface area contributed by atoms with Crippen LogP contribution >= 0.6 is 55.1 Å². The molecule has 3 amide bonds. The topological polar surface area (TPSA) is 74.8 Å². The predicted octanol–water partition coefficient (Wildman–Crippen LogP) is 5.54. The van der Waals surface area contributed by atoms with Crippen molar-refractivity contribution in [1.29, 1.82) is 0 Å². The highest BCUT2D eigenvalue weighted by atomic mass is 79.9. The van der Waals surface area contributed by atoms with E-state index in [1.807, 2.05) is 0 Å². The van der Waals surface area contributed by atoms with Crippen LogP contribution in [0.5, 0.6) is 0 Å². The Morgan fingerprint density at radius 2 is 1.26 bits per heavy atom. The molecule has 2 fully saturated rings. The highest BCUT2D eigenvalue weighted by molar-refractivity contribution is 9.12. The van der Waals surface area contributed by atoms with E-state index in [9.17, 15) is 19.2 Å². The van der Waals surface area contributed by atoms with Crippen LogP contribution in [0.2, 0.25) is 10.0 Å². The number of alkyl halides is 2. The van der Waals surface area contributed by atoms with Crippen LogP contribution in [0.25, 0.3) is 0 Å². The fourth-order valence-corrected chi connectivity index (χ4v) is 5.91. The molecule has 0 unspecified atom stereocenters. The maximum atomic E-state index is 13.6. The largest absolute Gasteiger partial charge is 0.292 e. The lowest BCUT2D eigenvalue weighted by molar-refractivity contribution is -0.156. The second-order valence-corrected chi connectivity index (χ2v) is 11.6. The molecule has 1 heterocycles. The van der Waals surface area contributed by atoms with Crippen LogP contribution in [-0.4, -0.2) is 49.2 Å². The number of benzene rings is 2. The average Bonchev–Trinajstić information content (AvgIpc) is 3.04. The number of amides is 3. The zero-order valence-electron chi connectivity index (χ0n) is 18.0. The normalized spacial score (nSPS) is 25.1. The molecule has 34 heavy (non-hydrogen) atoms. The number of halogens is 4. The van der Waals surface area contributed by atoms with Crippen LogP contribution in [0.4, 0.5) is 0 Å². The van der Waals surface area contributed by atoms with E-state index in [2.05, 4.69) is 31.9 Å². The van der Waals surface area contributed by atoms with E-state index in [1.54, 1.807) is 24.3 Å². The Bertz CT molecular complexity index is 1110. The molecule has 2 aromatic rings. The van der Waals surface area contributed by atoms with E-state index in [0.29, 0.717) is 28.5 Å². The molecule has 1 saturated heterocycles. The summed E-state index contributed by atoms with van der Waals surface area (Å²) < 4.78 is 0. The summed E-state index contributed by atoms with van der Waals surface area (Å²) in [5.74, 6) is -3.15. The minimum absolute atomic E-state index is 0.0130. The molecule has 0 spiro atoms. The number of fused-ring (bicyclic) bond motifs is 1. The second kappa shape index (κ2) is 10.1. The molecule has 6 nitrogen and oxygen atoms in total. The maximum absolute atomic E-state index is 13.6. The Morgan fingerprint density at radius 1 is 0.853 bits per heavy atom. The third kappa shape index (κ3) is 4.70. The lowest BCUT2D eigenvalue weighted by atomic mass is 9.81. The number of hydrogen-bond acceptors (Lipinski definition) is 4. The van der Waals surface area contributed by atoms with Gasteiger partial charge in [0.25, 0.3) is 17.7 Å². The van der Waals surface area contributed by atoms with E-state index in [-0.39, 0.29) is 15.2 Å². The smallest absolute Gasteiger partial charge is 0.273 e. The van der Waals surface area contributed by atoms with Gasteiger partial charge in [-0.05, 0) is 68.3 Å². The van der Waals surface area contributed by atoms with Gasteiger partial charge in [0.15, 0.2) is 5.78 Å². The molecule has 0 radical (unpaired) electrons. The highest BCUT2D eigenvalue weighted by Crippen LogP contribution is 2.44. The summed E-state index contributed by atoms with van der Waals surface area (Å²) in [5.41, 5.74) is 0.510. The summed E-state index contributed by atoms with van der Waals surface area (Å²) in [6, 6.07) is 11.2. The molecular formula is C24H20Br2Cl2N2O4. The lowest BCUT2D eigenvalue weighted by Gasteiger charge is -2.34. The number of carbonyl (C=O) groups is 4. The van der Waals surface area contributed by atoms with Crippen LogP contribution in [0.15, 0.2) is 48.5 Å². The first kappa shape index (κ1) is 25.4. The summed E-state index contributed by atoms with van der Waals surface area (Å²) in [7, 11) is 0. The van der Waals surface area contributed by atoms with Crippen LogP contribution < -0.4 is 0 Å². The molecule has 0 aromatic heterocycles. The van der Waals surface area contributed by atoms with Crippen LogP contribution in [0.3, 0.4) is 0 Å². The predicted molar refractivity (Wildman–Crippen MR) is 136 cm³/mol. The quantitative estimate of drug-likeness (QED) is 0.247. The van der Waals surface area contributed by atoms with Gasteiger partial charge in [0.2, 0.25) is 0 Å². The van der Waals surface area contributed by atoms with E-state index in [1.165, 1.54) is 31.2 Å². The van der Waals surface area contributed by atoms with Gasteiger partial charge in [-0.1, -0.05) is 55.1 Å². The number of Topliss-reactive ketones (excluding diaryl/α,β-unsaturated/α-hetero) is 1. The van der Waals surface area contributed by atoms with Gasteiger partial charge in [-0.2, -0.15) is 5.01 Å². The third-order valence-corrected chi connectivity index (χ3v) is 9.52. The maximum Gasteiger partial charge on any atom is 0.273 e. The lowest BCUT2D eigenvalue weighted by Crippen LogP contribution is -2.56. The average molecular weight is 631 g/mol. The van der Waals surface area contributed by atoms with Crippen molar-refractivity contribution in [1.82, 2.24) is 10.0 Å². The summed E-state index contributed by atoms with van der Waals surface area (Å²) in [5, 5.41) is 2.77.